The fraction of sp³-hybridized carbons (Fsp3) is 0.742. The molecule has 8 nitrogen and oxygen atoms in total. The maximum absolute atomic E-state index is 13.4. The van der Waals surface area contributed by atoms with Crippen molar-refractivity contribution in [3.05, 3.63) is 22.1 Å². The van der Waals surface area contributed by atoms with Crippen LogP contribution in [0.3, 0.4) is 0 Å². The van der Waals surface area contributed by atoms with Gasteiger partial charge in [0.05, 0.1) is 29.7 Å². The van der Waals surface area contributed by atoms with Gasteiger partial charge in [0.2, 0.25) is 0 Å². The van der Waals surface area contributed by atoms with Gasteiger partial charge >= 0.3 is 5.97 Å². The lowest BCUT2D eigenvalue weighted by atomic mass is 9.72. The van der Waals surface area contributed by atoms with Crippen LogP contribution in [0, 0.1) is 29.6 Å². The number of esters is 1. The highest BCUT2D eigenvalue weighted by atomic mass is 32.1. The van der Waals surface area contributed by atoms with E-state index in [1.54, 1.807) is 43.4 Å². The Hall–Kier alpha value is -1.72. The maximum atomic E-state index is 13.4. The van der Waals surface area contributed by atoms with Crippen molar-refractivity contribution in [1.29, 1.82) is 0 Å². The van der Waals surface area contributed by atoms with Crippen LogP contribution < -0.4 is 5.32 Å². The number of nitrogens with zero attached hydrogens (tertiary/aromatic N) is 2. The number of aliphatic hydroxyl groups excluding tert-OH is 2. The summed E-state index contributed by atoms with van der Waals surface area (Å²) in [7, 11) is 0. The molecule has 0 spiro atoms. The molecule has 0 unspecified atom stereocenters. The molecule has 41 heavy (non-hydrogen) atoms. The van der Waals surface area contributed by atoms with E-state index in [4.69, 9.17) is 9.72 Å². The lowest BCUT2D eigenvalue weighted by Crippen LogP contribution is -2.46. The van der Waals surface area contributed by atoms with Gasteiger partial charge in [-0.1, -0.05) is 48.0 Å². The third-order valence-electron chi connectivity index (χ3n) is 9.47. The first-order valence-electron chi connectivity index (χ1n) is 14.8. The highest BCUT2D eigenvalue weighted by Gasteiger charge is 2.52. The summed E-state index contributed by atoms with van der Waals surface area (Å²) in [5.41, 5.74) is 0.211. The van der Waals surface area contributed by atoms with Gasteiger partial charge in [-0.05, 0) is 39.0 Å². The van der Waals surface area contributed by atoms with E-state index in [0.717, 1.165) is 40.7 Å². The summed E-state index contributed by atoms with van der Waals surface area (Å²) in [6.45, 7) is 15.4. The molecule has 0 amide bonds. The smallest absolute Gasteiger partial charge is 0.308 e. The number of carbonyl (C=O) groups is 2. The Kier molecular flexibility index (Phi) is 9.51. The van der Waals surface area contributed by atoms with Crippen molar-refractivity contribution in [2.24, 2.45) is 22.7 Å². The lowest BCUT2D eigenvalue weighted by molar-refractivity contribution is -0.161. The minimum atomic E-state index is -1.23. The van der Waals surface area contributed by atoms with E-state index in [-0.39, 0.29) is 29.7 Å². The Morgan fingerprint density at radius 3 is 2.41 bits per heavy atom. The van der Waals surface area contributed by atoms with Crippen molar-refractivity contribution >= 4 is 34.4 Å². The number of cyclic esters (lactones) is 1. The molecule has 7 atom stereocenters. The molecule has 0 bridgehead atoms. The number of hydrogen-bond acceptors (Lipinski definition) is 10. The topological polar surface area (TPSA) is 132 Å². The number of thiazole rings is 2. The Morgan fingerprint density at radius 2 is 1.76 bits per heavy atom. The van der Waals surface area contributed by atoms with Crippen LogP contribution >= 0.6 is 22.7 Å². The van der Waals surface area contributed by atoms with Crippen molar-refractivity contribution < 1.29 is 24.5 Å². The van der Waals surface area contributed by atoms with Crippen molar-refractivity contribution in [2.75, 3.05) is 0 Å². The first kappa shape index (κ1) is 32.2. The number of carbonyl (C=O) groups excluding carboxylic acids is 2. The second kappa shape index (κ2) is 12.1. The van der Waals surface area contributed by atoms with Gasteiger partial charge in [-0.25, -0.2) is 9.97 Å². The Morgan fingerprint density at radius 1 is 1.10 bits per heavy atom. The maximum Gasteiger partial charge on any atom is 0.308 e. The minimum absolute atomic E-state index is 0.0523. The molecule has 0 aliphatic carbocycles. The zero-order valence-corrected chi connectivity index (χ0v) is 27.3. The van der Waals surface area contributed by atoms with E-state index < -0.39 is 41.0 Å². The predicted octanol–water partition coefficient (Wildman–Crippen LogP) is 5.34. The number of fused-ring (bicyclic) bond motifs is 1. The van der Waals surface area contributed by atoms with Crippen LogP contribution in [-0.4, -0.2) is 61.8 Å². The van der Waals surface area contributed by atoms with Crippen LogP contribution in [0.15, 0.2) is 10.8 Å². The molecule has 2 aromatic rings. The molecule has 2 aromatic heterocycles. The standard InChI is InChI=1S/C31H47N3O5S2/c1-17-10-9-11-31(8)21(34-31)12-23(39-24(36)13-22(35)30(6,7)26(38)19(3)25(17)37)29(4,5)14-20-16-41-28(33-20)27-32-18(2)15-40-27/h15-17,19,21-23,25,34-35,37H,9-14H2,1-8H3/t17-,19+,21-,22-,23-,25-,31+/m0/s1. The molecule has 3 N–H and O–H groups in total. The van der Waals surface area contributed by atoms with Gasteiger partial charge in [0, 0.05) is 45.8 Å². The molecule has 2 saturated heterocycles. The van der Waals surface area contributed by atoms with Crippen molar-refractivity contribution in [3.63, 3.8) is 0 Å². The Labute approximate surface area is 252 Å². The zero-order valence-electron chi connectivity index (χ0n) is 25.7. The molecule has 0 saturated carbocycles. The molecular weight excluding hydrogens is 558 g/mol. The van der Waals surface area contributed by atoms with Gasteiger partial charge in [-0.15, -0.1) is 22.7 Å². The molecule has 4 heterocycles. The Bertz CT molecular complexity index is 1240. The van der Waals surface area contributed by atoms with E-state index in [9.17, 15) is 19.8 Å². The van der Waals surface area contributed by atoms with Crippen LogP contribution in [-0.2, 0) is 20.7 Å². The summed E-state index contributed by atoms with van der Waals surface area (Å²) in [6, 6.07) is 0.193. The fourth-order valence-corrected chi connectivity index (χ4v) is 7.83. The summed E-state index contributed by atoms with van der Waals surface area (Å²) < 4.78 is 6.15. The Balaban J connectivity index is 1.56. The van der Waals surface area contributed by atoms with E-state index in [1.807, 2.05) is 19.2 Å². The average molecular weight is 606 g/mol. The molecular formula is C31H47N3O5S2. The third-order valence-corrected chi connectivity index (χ3v) is 11.5. The SMILES string of the molecule is Cc1csc(-c2nc(CC(C)(C)[C@@H]3C[C@@H]4N[C@]4(C)CCC[C@H](C)[C@H](O)[C@@H](C)C(=O)C(C)(C)[C@@H](O)CC(=O)O3)cs2)n1. The first-order valence-corrected chi connectivity index (χ1v) is 16.5. The molecule has 0 radical (unpaired) electrons. The number of hydrogen-bond donors (Lipinski definition) is 3. The monoisotopic (exact) mass is 605 g/mol. The molecule has 228 valence electrons. The summed E-state index contributed by atoms with van der Waals surface area (Å²) in [4.78, 5) is 36.1. The molecule has 4 rings (SSSR count). The number of aliphatic hydroxyl groups is 2. The summed E-state index contributed by atoms with van der Waals surface area (Å²) in [5.74, 6) is -1.47. The molecule has 2 fully saturated rings. The lowest BCUT2D eigenvalue weighted by Gasteiger charge is -2.36. The number of ether oxygens (including phenoxy) is 1. The van der Waals surface area contributed by atoms with Crippen LogP contribution in [0.25, 0.3) is 10.0 Å². The number of nitrogens with one attached hydrogen (secondary N) is 1. The first-order chi connectivity index (χ1) is 19.0. The second-order valence-corrected chi connectivity index (χ2v) is 15.6. The van der Waals surface area contributed by atoms with Gasteiger partial charge in [0.25, 0.3) is 0 Å². The number of aryl methyl sites for hydroxylation is 1. The largest absolute Gasteiger partial charge is 0.462 e. The zero-order chi connectivity index (χ0) is 30.3. The quantitative estimate of drug-likeness (QED) is 0.314. The highest BCUT2D eigenvalue weighted by molar-refractivity contribution is 7.19. The predicted molar refractivity (Wildman–Crippen MR) is 163 cm³/mol. The second-order valence-electron chi connectivity index (χ2n) is 13.9. The van der Waals surface area contributed by atoms with Gasteiger partial charge in [-0.3, -0.25) is 9.59 Å². The summed E-state index contributed by atoms with van der Waals surface area (Å²) >= 11 is 3.16. The van der Waals surface area contributed by atoms with E-state index in [2.05, 4.69) is 36.5 Å². The van der Waals surface area contributed by atoms with E-state index in [0.29, 0.717) is 12.8 Å². The van der Waals surface area contributed by atoms with Crippen molar-refractivity contribution in [2.45, 2.75) is 124 Å². The molecule has 2 aliphatic rings. The van der Waals surface area contributed by atoms with Gasteiger partial charge in [0.1, 0.15) is 11.9 Å². The van der Waals surface area contributed by atoms with Crippen LogP contribution in [0.4, 0.5) is 0 Å². The van der Waals surface area contributed by atoms with Crippen LogP contribution in [0.2, 0.25) is 0 Å². The number of ketones is 1. The normalized spacial score (nSPS) is 33.7. The highest BCUT2D eigenvalue weighted by Crippen LogP contribution is 2.42. The number of Topliss-reactive ketones (excluding diaryl/α,β-unsaturated/α-hetero) is 1. The minimum Gasteiger partial charge on any atom is -0.462 e. The van der Waals surface area contributed by atoms with Gasteiger partial charge in [-0.2, -0.15) is 0 Å². The third kappa shape index (κ3) is 7.26. The van der Waals surface area contributed by atoms with E-state index in [1.165, 1.54) is 0 Å². The van der Waals surface area contributed by atoms with Crippen LogP contribution in [0.5, 0.6) is 0 Å². The average Bonchev–Trinajstić information content (AvgIpc) is 3.20. The van der Waals surface area contributed by atoms with Crippen molar-refractivity contribution in [1.82, 2.24) is 15.3 Å². The molecule has 10 heteroatoms. The van der Waals surface area contributed by atoms with Crippen LogP contribution in [0.1, 0.15) is 92.0 Å². The van der Waals surface area contributed by atoms with Crippen molar-refractivity contribution in [3.8, 4) is 10.0 Å². The number of rotatable bonds is 4. The van der Waals surface area contributed by atoms with E-state index >= 15 is 0 Å². The van der Waals surface area contributed by atoms with Gasteiger partial charge in [0.15, 0.2) is 10.0 Å². The van der Waals surface area contributed by atoms with Gasteiger partial charge < -0.3 is 20.3 Å². The summed E-state index contributed by atoms with van der Waals surface area (Å²) in [5, 5.41) is 31.5. The molecule has 0 aromatic carbocycles. The summed E-state index contributed by atoms with van der Waals surface area (Å²) in [6.07, 6.45) is 1.18. The number of aromatic nitrogens is 2. The molecule has 2 aliphatic heterocycles. The fourth-order valence-electron chi connectivity index (χ4n) is 6.16.